The van der Waals surface area contributed by atoms with Crippen molar-refractivity contribution in [1.82, 2.24) is 4.98 Å². The molecule has 1 aromatic heterocycles. The molecule has 2 rings (SSSR count). The average Bonchev–Trinajstić information content (AvgIpc) is 2.41. The number of carbonyl (C=O) groups is 1. The monoisotopic (exact) mass is 262 g/mol. The van der Waals surface area contributed by atoms with E-state index in [4.69, 9.17) is 11.6 Å². The highest BCUT2D eigenvalue weighted by Gasteiger charge is 2.17. The van der Waals surface area contributed by atoms with E-state index in [0.717, 1.165) is 0 Å². The Labute approximate surface area is 109 Å². The van der Waals surface area contributed by atoms with E-state index >= 15 is 0 Å². The maximum absolute atomic E-state index is 12.2. The molecule has 0 bridgehead atoms. The summed E-state index contributed by atoms with van der Waals surface area (Å²) in [7, 11) is 1.60. The second kappa shape index (κ2) is 5.06. The zero-order valence-corrected chi connectivity index (χ0v) is 10.4. The van der Waals surface area contributed by atoms with Crippen LogP contribution in [-0.4, -0.2) is 23.0 Å². The first-order chi connectivity index (χ1) is 8.59. The van der Waals surface area contributed by atoms with Crippen molar-refractivity contribution >= 4 is 23.3 Å². The maximum Gasteiger partial charge on any atom is 0.260 e. The quantitative estimate of drug-likeness (QED) is 0.905. The Morgan fingerprint density at radius 2 is 2.11 bits per heavy atom. The lowest BCUT2D eigenvalue weighted by Gasteiger charge is -2.16. The Morgan fingerprint density at radius 1 is 1.33 bits per heavy atom. The third-order valence-corrected chi connectivity index (χ3v) is 2.81. The number of phenols is 1. The molecule has 4 nitrogen and oxygen atoms in total. The van der Waals surface area contributed by atoms with Gasteiger partial charge in [0, 0.05) is 13.2 Å². The number of rotatable bonds is 2. The predicted molar refractivity (Wildman–Crippen MR) is 70.1 cm³/mol. The molecule has 0 saturated heterocycles. The molecule has 0 aliphatic rings. The van der Waals surface area contributed by atoms with Gasteiger partial charge in [-0.2, -0.15) is 0 Å². The van der Waals surface area contributed by atoms with Crippen molar-refractivity contribution in [2.24, 2.45) is 0 Å². The van der Waals surface area contributed by atoms with Crippen LogP contribution < -0.4 is 4.90 Å². The number of aromatic hydroxyl groups is 1. The Hall–Kier alpha value is -2.07. The van der Waals surface area contributed by atoms with Crippen molar-refractivity contribution in [3.8, 4) is 5.75 Å². The lowest BCUT2D eigenvalue weighted by Crippen LogP contribution is -2.27. The van der Waals surface area contributed by atoms with Crippen LogP contribution in [0.15, 0.2) is 42.6 Å². The van der Waals surface area contributed by atoms with Crippen LogP contribution in [0.3, 0.4) is 0 Å². The number of amides is 1. The van der Waals surface area contributed by atoms with Crippen molar-refractivity contribution in [3.05, 3.63) is 53.2 Å². The largest absolute Gasteiger partial charge is 0.508 e. The van der Waals surface area contributed by atoms with Gasteiger partial charge >= 0.3 is 0 Å². The van der Waals surface area contributed by atoms with Crippen molar-refractivity contribution in [2.45, 2.75) is 0 Å². The van der Waals surface area contributed by atoms with Gasteiger partial charge in [0.05, 0.1) is 10.6 Å². The number of hydrogen-bond acceptors (Lipinski definition) is 3. The van der Waals surface area contributed by atoms with Crippen molar-refractivity contribution < 1.29 is 9.90 Å². The van der Waals surface area contributed by atoms with Gasteiger partial charge < -0.3 is 5.11 Å². The summed E-state index contributed by atoms with van der Waals surface area (Å²) in [5.74, 6) is 0.189. The van der Waals surface area contributed by atoms with Gasteiger partial charge in [0.25, 0.3) is 5.91 Å². The van der Waals surface area contributed by atoms with Crippen LogP contribution in [0.1, 0.15) is 10.4 Å². The molecule has 92 valence electrons. The fourth-order valence-corrected chi connectivity index (χ4v) is 1.71. The molecule has 2 aromatic rings. The van der Waals surface area contributed by atoms with Gasteiger partial charge in [0.1, 0.15) is 11.6 Å². The minimum atomic E-state index is -0.324. The average molecular weight is 263 g/mol. The lowest BCUT2D eigenvalue weighted by atomic mass is 10.2. The second-order valence-corrected chi connectivity index (χ2v) is 4.12. The fraction of sp³-hybridized carbons (Fsp3) is 0.0769. The molecule has 0 fully saturated rings. The van der Waals surface area contributed by atoms with E-state index in [1.54, 1.807) is 31.4 Å². The van der Waals surface area contributed by atoms with Crippen LogP contribution in [-0.2, 0) is 0 Å². The second-order valence-electron chi connectivity index (χ2n) is 3.72. The summed E-state index contributed by atoms with van der Waals surface area (Å²) in [4.78, 5) is 17.7. The van der Waals surface area contributed by atoms with Crippen LogP contribution in [0.2, 0.25) is 5.02 Å². The molecule has 0 aliphatic carbocycles. The summed E-state index contributed by atoms with van der Waals surface area (Å²) in [6.45, 7) is 0. The number of halogens is 1. The highest BCUT2D eigenvalue weighted by atomic mass is 35.5. The van der Waals surface area contributed by atoms with E-state index in [9.17, 15) is 9.90 Å². The summed E-state index contributed by atoms with van der Waals surface area (Å²) in [6, 6.07) is 9.52. The first-order valence-corrected chi connectivity index (χ1v) is 5.65. The maximum atomic E-state index is 12.2. The van der Waals surface area contributed by atoms with Crippen LogP contribution >= 0.6 is 11.6 Å². The highest BCUT2D eigenvalue weighted by Crippen LogP contribution is 2.23. The number of carbonyl (C=O) groups excluding carboxylic acids is 1. The molecule has 0 unspecified atom stereocenters. The van der Waals surface area contributed by atoms with Gasteiger partial charge in [-0.3, -0.25) is 9.69 Å². The summed E-state index contributed by atoms with van der Waals surface area (Å²) in [6.07, 6.45) is 1.60. The zero-order valence-electron chi connectivity index (χ0n) is 9.67. The molecule has 0 radical (unpaired) electrons. The van der Waals surface area contributed by atoms with E-state index < -0.39 is 0 Å². The standard InChI is InChI=1S/C13H11ClN2O2/c1-16(12-4-2-3-7-15-12)13(18)10-8-9(17)5-6-11(10)14/h2-8,17H,1H3. The first kappa shape index (κ1) is 12.4. The number of aromatic nitrogens is 1. The summed E-state index contributed by atoms with van der Waals surface area (Å²) in [5, 5.41) is 9.69. The third kappa shape index (κ3) is 2.43. The van der Waals surface area contributed by atoms with Crippen LogP contribution in [0.4, 0.5) is 5.82 Å². The number of anilines is 1. The van der Waals surface area contributed by atoms with Gasteiger partial charge in [0.2, 0.25) is 0 Å². The smallest absolute Gasteiger partial charge is 0.260 e. The van der Waals surface area contributed by atoms with Gasteiger partial charge in [-0.05, 0) is 30.3 Å². The number of hydrogen-bond donors (Lipinski definition) is 1. The van der Waals surface area contributed by atoms with Gasteiger partial charge in [0.15, 0.2) is 0 Å². The Balaban J connectivity index is 2.34. The minimum absolute atomic E-state index is 0.00262. The van der Waals surface area contributed by atoms with Crippen LogP contribution in [0.5, 0.6) is 5.75 Å². The molecular weight excluding hydrogens is 252 g/mol. The lowest BCUT2D eigenvalue weighted by molar-refractivity contribution is 0.0992. The van der Waals surface area contributed by atoms with Crippen molar-refractivity contribution in [3.63, 3.8) is 0 Å². The van der Waals surface area contributed by atoms with E-state index in [1.807, 2.05) is 0 Å². The molecule has 1 heterocycles. The number of pyridine rings is 1. The fourth-order valence-electron chi connectivity index (χ4n) is 1.51. The third-order valence-electron chi connectivity index (χ3n) is 2.48. The van der Waals surface area contributed by atoms with Crippen molar-refractivity contribution in [2.75, 3.05) is 11.9 Å². The Kier molecular flexibility index (Phi) is 3.48. The van der Waals surface area contributed by atoms with Crippen molar-refractivity contribution in [1.29, 1.82) is 0 Å². The summed E-state index contributed by atoms with van der Waals surface area (Å²) < 4.78 is 0. The minimum Gasteiger partial charge on any atom is -0.508 e. The SMILES string of the molecule is CN(C(=O)c1cc(O)ccc1Cl)c1ccccn1. The van der Waals surface area contributed by atoms with Gasteiger partial charge in [-0.1, -0.05) is 17.7 Å². The summed E-state index contributed by atoms with van der Waals surface area (Å²) in [5.41, 5.74) is 0.241. The number of benzene rings is 1. The van der Waals surface area contributed by atoms with Gasteiger partial charge in [-0.25, -0.2) is 4.98 Å². The molecule has 0 saturated carbocycles. The topological polar surface area (TPSA) is 53.4 Å². The first-order valence-electron chi connectivity index (χ1n) is 5.27. The number of nitrogens with zero attached hydrogens (tertiary/aromatic N) is 2. The Bertz CT molecular complexity index is 572. The predicted octanol–water partition coefficient (Wildman–Crippen LogP) is 2.72. The number of phenolic OH excluding ortho intramolecular Hbond substituents is 1. The van der Waals surface area contributed by atoms with Crippen LogP contribution in [0, 0.1) is 0 Å². The van der Waals surface area contributed by atoms with Gasteiger partial charge in [-0.15, -0.1) is 0 Å². The molecule has 1 N–H and O–H groups in total. The zero-order chi connectivity index (χ0) is 13.1. The molecule has 1 aromatic carbocycles. The van der Waals surface area contributed by atoms with E-state index in [2.05, 4.69) is 4.98 Å². The normalized spacial score (nSPS) is 10.1. The van der Waals surface area contributed by atoms with E-state index in [-0.39, 0.29) is 17.2 Å². The van der Waals surface area contributed by atoms with E-state index in [1.165, 1.54) is 23.1 Å². The molecule has 0 aliphatic heterocycles. The van der Waals surface area contributed by atoms with E-state index in [0.29, 0.717) is 10.8 Å². The molecule has 0 atom stereocenters. The molecule has 18 heavy (non-hydrogen) atoms. The van der Waals surface area contributed by atoms with Crippen LogP contribution in [0.25, 0.3) is 0 Å². The molecule has 1 amide bonds. The Morgan fingerprint density at radius 3 is 2.78 bits per heavy atom. The highest BCUT2D eigenvalue weighted by molar-refractivity contribution is 6.34. The summed E-state index contributed by atoms with van der Waals surface area (Å²) >= 11 is 5.94. The molecule has 5 heteroatoms. The molecular formula is C13H11ClN2O2. The molecule has 0 spiro atoms.